The maximum atomic E-state index is 3.66. The zero-order chi connectivity index (χ0) is 12.1. The van der Waals surface area contributed by atoms with Crippen molar-refractivity contribution in [1.29, 1.82) is 0 Å². The number of rotatable bonds is 1. The predicted octanol–water partition coefficient (Wildman–Crippen LogP) is 4.79. The van der Waals surface area contributed by atoms with E-state index in [1.165, 1.54) is 5.57 Å². The summed E-state index contributed by atoms with van der Waals surface area (Å²) in [6.07, 6.45) is 3.85. The molecule has 2 aromatic carbocycles. The van der Waals surface area contributed by atoms with E-state index in [1.807, 2.05) is 74.5 Å². The maximum Gasteiger partial charge on any atom is 4.00 e. The Morgan fingerprint density at radius 1 is 1.00 bits per heavy atom. The molecule has 0 saturated carbocycles. The molecule has 17 heavy (non-hydrogen) atoms. The minimum Gasteiger partial charge on any atom is -0.503 e. The number of hydrogen-bond donors (Lipinski definition) is 0. The van der Waals surface area contributed by atoms with Crippen molar-refractivity contribution < 1.29 is 26.2 Å². The Morgan fingerprint density at radius 2 is 1.35 bits per heavy atom. The molecule has 0 radical (unpaired) electrons. The summed E-state index contributed by atoms with van der Waals surface area (Å²) in [5, 5.41) is 0. The molecule has 0 amide bonds. The van der Waals surface area contributed by atoms with Gasteiger partial charge in [-0.25, -0.2) is 24.3 Å². The SMILES string of the molecule is [CH2-]CC(C)=[C-]C.[Zr+4].c1cc[cH-]c1.c1cc[cH-]c1. The Balaban J connectivity index is 0. The first-order chi connectivity index (χ1) is 7.81. The second kappa shape index (κ2) is 15.3. The van der Waals surface area contributed by atoms with Gasteiger partial charge in [0.1, 0.15) is 0 Å². The molecule has 0 aliphatic carbocycles. The summed E-state index contributed by atoms with van der Waals surface area (Å²) in [6, 6.07) is 20.0. The van der Waals surface area contributed by atoms with E-state index in [0.29, 0.717) is 0 Å². The second-order valence-electron chi connectivity index (χ2n) is 3.20. The van der Waals surface area contributed by atoms with Crippen molar-refractivity contribution in [3.8, 4) is 0 Å². The van der Waals surface area contributed by atoms with Crippen LogP contribution in [0.5, 0.6) is 0 Å². The molecular formula is C16H20Zr. The molecule has 0 saturated heterocycles. The van der Waals surface area contributed by atoms with Crippen LogP contribution < -0.4 is 0 Å². The molecule has 0 bridgehead atoms. The van der Waals surface area contributed by atoms with E-state index in [9.17, 15) is 0 Å². The summed E-state index contributed by atoms with van der Waals surface area (Å²) < 4.78 is 0. The van der Waals surface area contributed by atoms with Crippen LogP contribution in [-0.2, 0) is 26.2 Å². The van der Waals surface area contributed by atoms with Crippen LogP contribution in [0, 0.1) is 13.0 Å². The van der Waals surface area contributed by atoms with Gasteiger partial charge in [-0.3, -0.25) is 5.57 Å². The second-order valence-corrected chi connectivity index (χ2v) is 3.20. The largest absolute Gasteiger partial charge is 4.00 e. The van der Waals surface area contributed by atoms with E-state index >= 15 is 0 Å². The summed E-state index contributed by atoms with van der Waals surface area (Å²) in [5.74, 6) is 0. The summed E-state index contributed by atoms with van der Waals surface area (Å²) in [5.41, 5.74) is 1.23. The van der Waals surface area contributed by atoms with E-state index in [0.717, 1.165) is 6.42 Å². The molecule has 0 fully saturated rings. The van der Waals surface area contributed by atoms with Gasteiger partial charge < -0.3 is 13.0 Å². The first-order valence-electron chi connectivity index (χ1n) is 5.44. The van der Waals surface area contributed by atoms with Crippen LogP contribution in [0.2, 0.25) is 0 Å². The van der Waals surface area contributed by atoms with Gasteiger partial charge in [-0.1, -0.05) is 6.92 Å². The summed E-state index contributed by atoms with van der Waals surface area (Å²) in [4.78, 5) is 0. The van der Waals surface area contributed by atoms with Crippen LogP contribution in [0.15, 0.2) is 66.2 Å². The molecule has 0 N–H and O–H groups in total. The van der Waals surface area contributed by atoms with Crippen molar-refractivity contribution in [2.45, 2.75) is 20.3 Å². The van der Waals surface area contributed by atoms with Gasteiger partial charge in [0.2, 0.25) is 0 Å². The third-order valence-electron chi connectivity index (χ3n) is 1.91. The van der Waals surface area contributed by atoms with E-state index in [4.69, 9.17) is 0 Å². The fourth-order valence-corrected chi connectivity index (χ4v) is 0.767. The Kier molecular flexibility index (Phi) is 16.8. The van der Waals surface area contributed by atoms with Crippen LogP contribution in [0.4, 0.5) is 0 Å². The summed E-state index contributed by atoms with van der Waals surface area (Å²) >= 11 is 0. The van der Waals surface area contributed by atoms with Gasteiger partial charge in [0.05, 0.1) is 0 Å². The van der Waals surface area contributed by atoms with Crippen LogP contribution in [0.25, 0.3) is 0 Å². The van der Waals surface area contributed by atoms with Gasteiger partial charge >= 0.3 is 26.2 Å². The van der Waals surface area contributed by atoms with Gasteiger partial charge in [0.15, 0.2) is 0 Å². The molecule has 0 atom stereocenters. The maximum absolute atomic E-state index is 3.66. The van der Waals surface area contributed by atoms with E-state index in [-0.39, 0.29) is 26.2 Å². The van der Waals surface area contributed by atoms with Crippen molar-refractivity contribution in [1.82, 2.24) is 0 Å². The van der Waals surface area contributed by atoms with Crippen molar-refractivity contribution in [3.05, 3.63) is 79.2 Å². The fraction of sp³-hybridized carbons (Fsp3) is 0.188. The molecule has 1 heteroatoms. The predicted molar refractivity (Wildman–Crippen MR) is 72.1 cm³/mol. The quantitative estimate of drug-likeness (QED) is 0.665. The Hall–Kier alpha value is -0.677. The number of allylic oxidation sites excluding steroid dienone is 2. The standard InChI is InChI=1S/C6H10.2C5H5.Zr/c1-4-6(3)5-2;2*1-2-4-5-3-1;/h1,4H2,2-3H3;2*1-5H;/q-2;2*-1;+4. The third-order valence-corrected chi connectivity index (χ3v) is 1.91. The van der Waals surface area contributed by atoms with Crippen LogP contribution >= 0.6 is 0 Å². The summed E-state index contributed by atoms with van der Waals surface area (Å²) in [7, 11) is 0. The molecule has 0 aromatic heterocycles. The zero-order valence-corrected chi connectivity index (χ0v) is 13.1. The van der Waals surface area contributed by atoms with Gasteiger partial charge in [0.25, 0.3) is 0 Å². The molecule has 88 valence electrons. The molecular weight excluding hydrogens is 283 g/mol. The van der Waals surface area contributed by atoms with Crippen LogP contribution in [0.1, 0.15) is 20.3 Å². The first kappa shape index (κ1) is 18.7. The zero-order valence-electron chi connectivity index (χ0n) is 10.7. The monoisotopic (exact) mass is 302 g/mol. The first-order valence-corrected chi connectivity index (χ1v) is 5.44. The minimum atomic E-state index is 0. The topological polar surface area (TPSA) is 0 Å². The Morgan fingerprint density at radius 3 is 1.41 bits per heavy atom. The van der Waals surface area contributed by atoms with Crippen molar-refractivity contribution in [3.63, 3.8) is 0 Å². The Labute approximate surface area is 125 Å². The fourth-order valence-electron chi connectivity index (χ4n) is 0.767. The normalized spacial score (nSPS) is 9.00. The van der Waals surface area contributed by atoms with Crippen molar-refractivity contribution >= 4 is 0 Å². The van der Waals surface area contributed by atoms with Crippen LogP contribution in [-0.4, -0.2) is 0 Å². The van der Waals surface area contributed by atoms with Crippen molar-refractivity contribution in [2.75, 3.05) is 0 Å². The molecule has 0 heterocycles. The average Bonchev–Trinajstić information content (AvgIpc) is 3.03. The van der Waals surface area contributed by atoms with Gasteiger partial charge in [-0.2, -0.15) is 49.7 Å². The number of hydrogen-bond acceptors (Lipinski definition) is 0. The third kappa shape index (κ3) is 15.3. The van der Waals surface area contributed by atoms with E-state index in [2.05, 4.69) is 13.0 Å². The van der Waals surface area contributed by atoms with E-state index in [1.54, 1.807) is 0 Å². The van der Waals surface area contributed by atoms with Gasteiger partial charge in [-0.05, 0) is 0 Å². The molecule has 0 unspecified atom stereocenters. The van der Waals surface area contributed by atoms with Crippen molar-refractivity contribution in [2.24, 2.45) is 0 Å². The van der Waals surface area contributed by atoms with Gasteiger partial charge in [0, 0.05) is 0 Å². The molecule has 0 nitrogen and oxygen atoms in total. The smallest absolute Gasteiger partial charge is 0.503 e. The minimum absolute atomic E-state index is 0. The molecule has 0 aliphatic heterocycles. The van der Waals surface area contributed by atoms with Crippen LogP contribution in [0.3, 0.4) is 0 Å². The molecule has 2 rings (SSSR count). The Bertz CT molecular complexity index is 254. The average molecular weight is 304 g/mol. The van der Waals surface area contributed by atoms with E-state index < -0.39 is 0 Å². The summed E-state index contributed by atoms with van der Waals surface area (Å²) in [6.45, 7) is 7.58. The molecule has 0 aliphatic rings. The van der Waals surface area contributed by atoms with Gasteiger partial charge in [-0.15, -0.1) is 0 Å². The molecule has 2 aromatic rings. The molecule has 0 spiro atoms.